The fourth-order valence-corrected chi connectivity index (χ4v) is 5.15. The van der Waals surface area contributed by atoms with Crippen molar-refractivity contribution in [3.05, 3.63) is 23.8 Å². The number of fused-ring (bicyclic) bond motifs is 1. The number of methoxy groups -OCH3 is 2. The molecule has 0 aromatic heterocycles. The summed E-state index contributed by atoms with van der Waals surface area (Å²) in [6.07, 6.45) is 2.04. The van der Waals surface area contributed by atoms with Gasteiger partial charge >= 0.3 is 0 Å². The van der Waals surface area contributed by atoms with Crippen LogP contribution < -0.4 is 9.47 Å². The first-order valence-electron chi connectivity index (χ1n) is 9.16. The van der Waals surface area contributed by atoms with Crippen molar-refractivity contribution in [2.45, 2.75) is 30.6 Å². The number of nitrogens with zero attached hydrogens (tertiary/aromatic N) is 3. The molecule has 2 amide bonds. The van der Waals surface area contributed by atoms with Crippen LogP contribution in [-0.2, 0) is 9.59 Å². The number of hydrogen-bond donors (Lipinski definition) is 0. The lowest BCUT2D eigenvalue weighted by molar-refractivity contribution is -0.135. The second-order valence-corrected chi connectivity index (χ2v) is 7.99. The number of ether oxygens (including phenoxy) is 2. The normalized spacial score (nSPS) is 24.2. The Balaban J connectivity index is 1.50. The number of amidine groups is 1. The monoisotopic (exact) mass is 389 g/mol. The van der Waals surface area contributed by atoms with Crippen molar-refractivity contribution in [2.24, 2.45) is 4.99 Å². The largest absolute Gasteiger partial charge is 0.497 e. The Hall–Kier alpha value is -2.22. The SMILES string of the molecule is COc1ccc([C@@H]2CCCN2C(=O)C[C@H]2SC3=NCCN3C2=O)c(OC)c1. The van der Waals surface area contributed by atoms with E-state index in [-0.39, 0.29) is 29.5 Å². The molecule has 0 spiro atoms. The molecule has 1 aromatic carbocycles. The number of amides is 2. The fourth-order valence-electron chi connectivity index (χ4n) is 3.97. The molecule has 27 heavy (non-hydrogen) atoms. The third kappa shape index (κ3) is 3.26. The lowest BCUT2D eigenvalue weighted by Crippen LogP contribution is -2.36. The molecule has 0 aliphatic carbocycles. The van der Waals surface area contributed by atoms with Gasteiger partial charge in [-0.1, -0.05) is 11.8 Å². The first kappa shape index (κ1) is 18.2. The number of rotatable bonds is 5. The summed E-state index contributed by atoms with van der Waals surface area (Å²) in [6.45, 7) is 2.01. The lowest BCUT2D eigenvalue weighted by atomic mass is 10.0. The molecule has 3 aliphatic rings. The highest BCUT2D eigenvalue weighted by molar-refractivity contribution is 8.15. The van der Waals surface area contributed by atoms with Crippen LogP contribution in [0.3, 0.4) is 0 Å². The minimum atomic E-state index is -0.351. The second-order valence-electron chi connectivity index (χ2n) is 6.82. The summed E-state index contributed by atoms with van der Waals surface area (Å²) < 4.78 is 10.8. The van der Waals surface area contributed by atoms with Gasteiger partial charge in [-0.25, -0.2) is 0 Å². The summed E-state index contributed by atoms with van der Waals surface area (Å²) >= 11 is 1.42. The summed E-state index contributed by atoms with van der Waals surface area (Å²) in [5.41, 5.74) is 0.986. The predicted octanol–water partition coefficient (Wildman–Crippen LogP) is 2.07. The first-order chi connectivity index (χ1) is 13.1. The van der Waals surface area contributed by atoms with Gasteiger partial charge in [0.05, 0.1) is 26.8 Å². The number of thioether (sulfide) groups is 1. The van der Waals surface area contributed by atoms with Crippen LogP contribution >= 0.6 is 11.8 Å². The molecular weight excluding hydrogens is 366 g/mol. The van der Waals surface area contributed by atoms with Crippen LogP contribution in [0.2, 0.25) is 0 Å². The molecule has 0 unspecified atom stereocenters. The third-order valence-electron chi connectivity index (χ3n) is 5.32. The molecule has 144 valence electrons. The van der Waals surface area contributed by atoms with Crippen LogP contribution in [-0.4, -0.2) is 65.9 Å². The Morgan fingerprint density at radius 3 is 2.89 bits per heavy atom. The lowest BCUT2D eigenvalue weighted by Gasteiger charge is -2.27. The van der Waals surface area contributed by atoms with Crippen molar-refractivity contribution in [3.63, 3.8) is 0 Å². The van der Waals surface area contributed by atoms with Crippen molar-refractivity contribution in [3.8, 4) is 11.5 Å². The maximum Gasteiger partial charge on any atom is 0.242 e. The van der Waals surface area contributed by atoms with E-state index in [9.17, 15) is 9.59 Å². The molecule has 2 atom stereocenters. The highest BCUT2D eigenvalue weighted by atomic mass is 32.2. The quantitative estimate of drug-likeness (QED) is 0.771. The molecule has 0 radical (unpaired) electrons. The van der Waals surface area contributed by atoms with Gasteiger partial charge in [-0.3, -0.25) is 19.5 Å². The van der Waals surface area contributed by atoms with Gasteiger partial charge in [0.1, 0.15) is 16.7 Å². The van der Waals surface area contributed by atoms with E-state index in [4.69, 9.17) is 9.47 Å². The van der Waals surface area contributed by atoms with Gasteiger partial charge in [-0.15, -0.1) is 0 Å². The summed E-state index contributed by atoms with van der Waals surface area (Å²) in [7, 11) is 3.24. The van der Waals surface area contributed by atoms with Gasteiger partial charge in [0.25, 0.3) is 0 Å². The molecule has 0 N–H and O–H groups in total. The standard InChI is InChI=1S/C19H23N3O4S/c1-25-12-5-6-13(15(10-12)26-2)14-4-3-8-21(14)17(23)11-16-18(24)22-9-7-20-19(22)27-16/h5-6,10,14,16H,3-4,7-9,11H2,1-2H3/t14-,16+/m0/s1. The van der Waals surface area contributed by atoms with E-state index in [0.29, 0.717) is 19.6 Å². The molecule has 2 fully saturated rings. The molecule has 3 aliphatic heterocycles. The predicted molar refractivity (Wildman–Crippen MR) is 103 cm³/mol. The number of benzene rings is 1. The van der Waals surface area contributed by atoms with Gasteiger partial charge in [0, 0.05) is 31.1 Å². The molecule has 2 saturated heterocycles. The molecule has 8 heteroatoms. The van der Waals surface area contributed by atoms with E-state index in [0.717, 1.165) is 35.1 Å². The van der Waals surface area contributed by atoms with Crippen molar-refractivity contribution in [1.29, 1.82) is 0 Å². The minimum Gasteiger partial charge on any atom is -0.497 e. The zero-order valence-corrected chi connectivity index (χ0v) is 16.3. The summed E-state index contributed by atoms with van der Waals surface area (Å²) in [5.74, 6) is 1.48. The van der Waals surface area contributed by atoms with Gasteiger partial charge < -0.3 is 14.4 Å². The van der Waals surface area contributed by atoms with E-state index in [1.807, 2.05) is 23.1 Å². The Bertz CT molecular complexity index is 797. The van der Waals surface area contributed by atoms with Gasteiger partial charge in [0.15, 0.2) is 5.17 Å². The number of hydrogen-bond acceptors (Lipinski definition) is 6. The van der Waals surface area contributed by atoms with Crippen LogP contribution in [0.4, 0.5) is 0 Å². The van der Waals surface area contributed by atoms with Crippen molar-refractivity contribution in [1.82, 2.24) is 9.80 Å². The van der Waals surface area contributed by atoms with Crippen molar-refractivity contribution < 1.29 is 19.1 Å². The highest BCUT2D eigenvalue weighted by Gasteiger charge is 2.42. The summed E-state index contributed by atoms with van der Waals surface area (Å²) in [4.78, 5) is 33.4. The second kappa shape index (κ2) is 7.42. The topological polar surface area (TPSA) is 71.4 Å². The Morgan fingerprint density at radius 1 is 1.30 bits per heavy atom. The van der Waals surface area contributed by atoms with Gasteiger partial charge in [-0.05, 0) is 25.0 Å². The molecule has 7 nitrogen and oxygen atoms in total. The maximum atomic E-state index is 13.0. The summed E-state index contributed by atoms with van der Waals surface area (Å²) in [6, 6.07) is 5.67. The smallest absolute Gasteiger partial charge is 0.242 e. The fraction of sp³-hybridized carbons (Fsp3) is 0.526. The van der Waals surface area contributed by atoms with Crippen LogP contribution in [0, 0.1) is 0 Å². The first-order valence-corrected chi connectivity index (χ1v) is 10.0. The molecule has 3 heterocycles. The van der Waals surface area contributed by atoms with Crippen LogP contribution in [0.1, 0.15) is 30.9 Å². The van der Waals surface area contributed by atoms with Gasteiger partial charge in [-0.2, -0.15) is 0 Å². The van der Waals surface area contributed by atoms with Crippen LogP contribution in [0.5, 0.6) is 11.5 Å². The van der Waals surface area contributed by atoms with E-state index >= 15 is 0 Å². The zero-order chi connectivity index (χ0) is 19.0. The van der Waals surface area contributed by atoms with E-state index in [1.165, 1.54) is 11.8 Å². The highest BCUT2D eigenvalue weighted by Crippen LogP contribution is 2.40. The summed E-state index contributed by atoms with van der Waals surface area (Å²) in [5, 5.41) is 0.420. The number of carbonyl (C=O) groups excluding carboxylic acids is 2. The van der Waals surface area contributed by atoms with E-state index in [2.05, 4.69) is 4.99 Å². The van der Waals surface area contributed by atoms with Gasteiger partial charge in [0.2, 0.25) is 11.8 Å². The number of likely N-dealkylation sites (tertiary alicyclic amines) is 1. The molecular formula is C19H23N3O4S. The molecule has 1 aromatic rings. The Morgan fingerprint density at radius 2 is 2.15 bits per heavy atom. The zero-order valence-electron chi connectivity index (χ0n) is 15.5. The number of aliphatic imine (C=N–C) groups is 1. The van der Waals surface area contributed by atoms with E-state index in [1.54, 1.807) is 19.1 Å². The van der Waals surface area contributed by atoms with Crippen LogP contribution in [0.25, 0.3) is 0 Å². The average Bonchev–Trinajstić information content (AvgIpc) is 3.40. The van der Waals surface area contributed by atoms with Crippen LogP contribution in [0.15, 0.2) is 23.2 Å². The van der Waals surface area contributed by atoms with E-state index < -0.39 is 0 Å². The minimum absolute atomic E-state index is 0.0161. The molecule has 0 saturated carbocycles. The van der Waals surface area contributed by atoms with Crippen molar-refractivity contribution >= 4 is 28.7 Å². The Labute approximate surface area is 162 Å². The maximum absolute atomic E-state index is 13.0. The van der Waals surface area contributed by atoms with Crippen molar-refractivity contribution in [2.75, 3.05) is 33.9 Å². The average molecular weight is 389 g/mol. The third-order valence-corrected chi connectivity index (χ3v) is 6.54. The Kier molecular flexibility index (Phi) is 4.99. The molecule has 0 bridgehead atoms. The molecule has 4 rings (SSSR count). The number of carbonyl (C=O) groups is 2.